The van der Waals surface area contributed by atoms with Gasteiger partial charge in [0.15, 0.2) is 11.6 Å². The first-order chi connectivity index (χ1) is 12.5. The number of carbonyl (C=O) groups is 3. The Hall–Kier alpha value is -2.95. The Labute approximate surface area is 152 Å². The molecule has 136 valence electrons. The van der Waals surface area contributed by atoms with Crippen molar-refractivity contribution in [2.45, 2.75) is 19.8 Å². The van der Waals surface area contributed by atoms with Crippen molar-refractivity contribution in [3.63, 3.8) is 0 Å². The maximum absolute atomic E-state index is 12.9. The normalized spacial score (nSPS) is 10.5. The van der Waals surface area contributed by atoms with Gasteiger partial charge in [-0.15, -0.1) is 0 Å². The third kappa shape index (κ3) is 4.79. The Morgan fingerprint density at radius 2 is 1.15 bits per heavy atom. The number of methoxy groups -OCH3 is 2. The lowest BCUT2D eigenvalue weighted by Gasteiger charge is -2.15. The molecule has 0 bridgehead atoms. The summed E-state index contributed by atoms with van der Waals surface area (Å²) >= 11 is 0. The summed E-state index contributed by atoms with van der Waals surface area (Å²) in [6, 6.07) is 13.2. The number of ketones is 3. The monoisotopic (exact) mass is 354 g/mol. The summed E-state index contributed by atoms with van der Waals surface area (Å²) in [6.07, 6.45) is 0.361. The SMILES string of the molecule is COc1ccc(C(=O)C(CCC(C)=O)C(=O)c2ccc(OC)cc2)cc1. The molecule has 0 heterocycles. The number of carbonyl (C=O) groups excluding carboxylic acids is 3. The van der Waals surface area contributed by atoms with Crippen LogP contribution in [0.15, 0.2) is 48.5 Å². The molecule has 0 unspecified atom stereocenters. The summed E-state index contributed by atoms with van der Waals surface area (Å²) in [6.45, 7) is 1.45. The molecule has 0 N–H and O–H groups in total. The van der Waals surface area contributed by atoms with Gasteiger partial charge < -0.3 is 14.3 Å². The molecule has 26 heavy (non-hydrogen) atoms. The van der Waals surface area contributed by atoms with E-state index in [2.05, 4.69) is 0 Å². The van der Waals surface area contributed by atoms with Gasteiger partial charge in [0, 0.05) is 17.5 Å². The number of hydrogen-bond acceptors (Lipinski definition) is 5. The fourth-order valence-corrected chi connectivity index (χ4v) is 2.64. The number of benzene rings is 2. The van der Waals surface area contributed by atoms with Crippen molar-refractivity contribution in [2.24, 2.45) is 5.92 Å². The van der Waals surface area contributed by atoms with Gasteiger partial charge in [-0.2, -0.15) is 0 Å². The molecular weight excluding hydrogens is 332 g/mol. The van der Waals surface area contributed by atoms with Crippen molar-refractivity contribution in [2.75, 3.05) is 14.2 Å². The molecule has 0 radical (unpaired) electrons. The van der Waals surface area contributed by atoms with Crippen LogP contribution in [0.2, 0.25) is 0 Å². The van der Waals surface area contributed by atoms with Crippen LogP contribution in [0.1, 0.15) is 40.5 Å². The van der Waals surface area contributed by atoms with Gasteiger partial charge in [-0.25, -0.2) is 0 Å². The maximum atomic E-state index is 12.9. The van der Waals surface area contributed by atoms with Crippen molar-refractivity contribution in [1.82, 2.24) is 0 Å². The third-order valence-corrected chi connectivity index (χ3v) is 4.17. The minimum Gasteiger partial charge on any atom is -0.497 e. The van der Waals surface area contributed by atoms with E-state index in [9.17, 15) is 14.4 Å². The number of ether oxygens (including phenoxy) is 2. The van der Waals surface area contributed by atoms with Crippen molar-refractivity contribution in [3.05, 3.63) is 59.7 Å². The molecule has 2 aromatic rings. The molecule has 2 aromatic carbocycles. The van der Waals surface area contributed by atoms with Crippen LogP contribution in [0, 0.1) is 5.92 Å². The summed E-state index contributed by atoms with van der Waals surface area (Å²) in [7, 11) is 3.08. The Morgan fingerprint density at radius 1 is 0.769 bits per heavy atom. The first kappa shape index (κ1) is 19.4. The van der Waals surface area contributed by atoms with Crippen LogP contribution in [-0.4, -0.2) is 31.6 Å². The van der Waals surface area contributed by atoms with E-state index in [0.29, 0.717) is 22.6 Å². The predicted molar refractivity (Wildman–Crippen MR) is 98.1 cm³/mol. The summed E-state index contributed by atoms with van der Waals surface area (Å²) in [4.78, 5) is 37.2. The van der Waals surface area contributed by atoms with Gasteiger partial charge >= 0.3 is 0 Å². The van der Waals surface area contributed by atoms with E-state index in [1.54, 1.807) is 62.8 Å². The van der Waals surface area contributed by atoms with Crippen LogP contribution in [-0.2, 0) is 4.79 Å². The number of hydrogen-bond donors (Lipinski definition) is 0. The van der Waals surface area contributed by atoms with Gasteiger partial charge in [0.1, 0.15) is 17.3 Å². The van der Waals surface area contributed by atoms with Crippen molar-refractivity contribution in [3.8, 4) is 11.5 Å². The van der Waals surface area contributed by atoms with Crippen molar-refractivity contribution >= 4 is 17.3 Å². The lowest BCUT2D eigenvalue weighted by Crippen LogP contribution is -2.25. The summed E-state index contributed by atoms with van der Waals surface area (Å²) < 4.78 is 10.2. The van der Waals surface area contributed by atoms with Crippen LogP contribution in [0.25, 0.3) is 0 Å². The van der Waals surface area contributed by atoms with Crippen molar-refractivity contribution in [1.29, 1.82) is 0 Å². The van der Waals surface area contributed by atoms with E-state index < -0.39 is 5.92 Å². The zero-order valence-corrected chi connectivity index (χ0v) is 15.2. The quantitative estimate of drug-likeness (QED) is 0.507. The van der Waals surface area contributed by atoms with E-state index in [1.165, 1.54) is 6.92 Å². The largest absolute Gasteiger partial charge is 0.497 e. The van der Waals surface area contributed by atoms with E-state index in [4.69, 9.17) is 9.47 Å². The van der Waals surface area contributed by atoms with Crippen LogP contribution in [0.5, 0.6) is 11.5 Å². The third-order valence-electron chi connectivity index (χ3n) is 4.17. The lowest BCUT2D eigenvalue weighted by molar-refractivity contribution is -0.117. The average Bonchev–Trinajstić information content (AvgIpc) is 2.67. The molecular formula is C21H22O5. The molecule has 0 aliphatic carbocycles. The molecule has 0 spiro atoms. The Morgan fingerprint density at radius 3 is 1.46 bits per heavy atom. The zero-order valence-electron chi connectivity index (χ0n) is 15.2. The molecule has 0 aromatic heterocycles. The molecule has 2 rings (SSSR count). The van der Waals surface area contributed by atoms with Gasteiger partial charge in [-0.05, 0) is 61.9 Å². The molecule has 5 nitrogen and oxygen atoms in total. The van der Waals surface area contributed by atoms with E-state index in [-0.39, 0.29) is 30.2 Å². The maximum Gasteiger partial charge on any atom is 0.173 e. The summed E-state index contributed by atoms with van der Waals surface area (Å²) in [5, 5.41) is 0. The molecule has 0 aliphatic heterocycles. The fraction of sp³-hybridized carbons (Fsp3) is 0.286. The molecule has 0 saturated heterocycles. The zero-order chi connectivity index (χ0) is 19.1. The average molecular weight is 354 g/mol. The van der Waals surface area contributed by atoms with E-state index in [0.717, 1.165) is 0 Å². The Kier molecular flexibility index (Phi) is 6.67. The van der Waals surface area contributed by atoms with Gasteiger partial charge in [0.2, 0.25) is 0 Å². The molecule has 0 fully saturated rings. The number of rotatable bonds is 9. The van der Waals surface area contributed by atoms with Gasteiger partial charge in [0.05, 0.1) is 20.1 Å². The van der Waals surface area contributed by atoms with Crippen LogP contribution in [0.3, 0.4) is 0 Å². The highest BCUT2D eigenvalue weighted by Gasteiger charge is 2.28. The standard InChI is InChI=1S/C21H22O5/c1-14(22)4-13-19(20(23)15-5-9-17(25-2)10-6-15)21(24)16-7-11-18(26-3)12-8-16/h5-12,19H,4,13H2,1-3H3. The smallest absolute Gasteiger partial charge is 0.173 e. The van der Waals surface area contributed by atoms with E-state index in [1.807, 2.05) is 0 Å². The molecule has 0 amide bonds. The fourth-order valence-electron chi connectivity index (χ4n) is 2.64. The molecule has 0 aliphatic rings. The molecule has 0 saturated carbocycles. The minimum atomic E-state index is -0.902. The first-order valence-electron chi connectivity index (χ1n) is 8.32. The van der Waals surface area contributed by atoms with Gasteiger partial charge in [0.25, 0.3) is 0 Å². The van der Waals surface area contributed by atoms with Crippen LogP contribution < -0.4 is 9.47 Å². The topological polar surface area (TPSA) is 69.7 Å². The second kappa shape index (κ2) is 8.94. The van der Waals surface area contributed by atoms with Crippen LogP contribution >= 0.6 is 0 Å². The van der Waals surface area contributed by atoms with Gasteiger partial charge in [-0.3, -0.25) is 9.59 Å². The Bertz CT molecular complexity index is 716. The summed E-state index contributed by atoms with van der Waals surface area (Å²) in [5.74, 6) is -0.295. The summed E-state index contributed by atoms with van der Waals surface area (Å²) in [5.41, 5.74) is 0.836. The minimum absolute atomic E-state index is 0.0555. The molecule has 5 heteroatoms. The predicted octanol–water partition coefficient (Wildman–Crippen LogP) is 3.75. The second-order valence-electron chi connectivity index (χ2n) is 5.98. The first-order valence-corrected chi connectivity index (χ1v) is 8.32. The van der Waals surface area contributed by atoms with E-state index >= 15 is 0 Å². The van der Waals surface area contributed by atoms with Gasteiger partial charge in [-0.1, -0.05) is 0 Å². The highest BCUT2D eigenvalue weighted by atomic mass is 16.5. The highest BCUT2D eigenvalue weighted by molar-refractivity contribution is 6.16. The lowest BCUT2D eigenvalue weighted by atomic mass is 9.86. The number of Topliss-reactive ketones (excluding diaryl/α,β-unsaturated/α-hetero) is 3. The van der Waals surface area contributed by atoms with Crippen molar-refractivity contribution < 1.29 is 23.9 Å². The second-order valence-corrected chi connectivity index (χ2v) is 5.98. The molecule has 0 atom stereocenters. The van der Waals surface area contributed by atoms with Crippen LogP contribution in [0.4, 0.5) is 0 Å². The highest BCUT2D eigenvalue weighted by Crippen LogP contribution is 2.23. The Balaban J connectivity index is 2.29.